The molecule has 0 aliphatic carbocycles. The molecule has 1 aromatic heterocycles. The molecule has 0 aliphatic rings. The quantitative estimate of drug-likeness (QED) is 0.664. The summed E-state index contributed by atoms with van der Waals surface area (Å²) in [5.74, 6) is -0.0287. The Hall–Kier alpha value is -2.05. The van der Waals surface area contributed by atoms with Gasteiger partial charge in [0, 0.05) is 18.6 Å². The highest BCUT2D eigenvalue weighted by Gasteiger charge is 2.11. The second kappa shape index (κ2) is 7.89. The van der Waals surface area contributed by atoms with Crippen molar-refractivity contribution >= 4 is 40.3 Å². The molecule has 1 heterocycles. The van der Waals surface area contributed by atoms with Gasteiger partial charge in [-0.15, -0.1) is 0 Å². The van der Waals surface area contributed by atoms with Gasteiger partial charge in [0.05, 0.1) is 16.8 Å². The molecule has 0 bridgehead atoms. The molecular weight excluding hydrogens is 361 g/mol. The third-order valence-corrected chi connectivity index (χ3v) is 5.05. The fraction of sp³-hybridized carbons (Fsp3) is 0.222. The lowest BCUT2D eigenvalue weighted by Gasteiger charge is -2.05. The van der Waals surface area contributed by atoms with Gasteiger partial charge in [0.2, 0.25) is 5.91 Å². The number of thioether (sulfide) groups is 1. The van der Waals surface area contributed by atoms with Crippen LogP contribution in [0.1, 0.15) is 5.56 Å². The molecule has 0 unspecified atom stereocenters. The summed E-state index contributed by atoms with van der Waals surface area (Å²) >= 11 is 7.37. The zero-order chi connectivity index (χ0) is 17.8. The van der Waals surface area contributed by atoms with E-state index in [0.29, 0.717) is 18.0 Å². The van der Waals surface area contributed by atoms with Crippen LogP contribution >= 0.6 is 23.4 Å². The van der Waals surface area contributed by atoms with Crippen molar-refractivity contribution < 1.29 is 9.18 Å². The van der Waals surface area contributed by atoms with E-state index in [4.69, 9.17) is 11.6 Å². The Kier molecular flexibility index (Phi) is 5.60. The number of halogens is 2. The molecule has 7 heteroatoms. The van der Waals surface area contributed by atoms with Gasteiger partial charge in [0.25, 0.3) is 0 Å². The third kappa shape index (κ3) is 4.52. The Morgan fingerprint density at radius 2 is 2.04 bits per heavy atom. The SMILES string of the molecule is Cn1c(SCC(=O)NCCc2ccc(F)cc2)nc2cc(Cl)ccc21. The second-order valence-electron chi connectivity index (χ2n) is 5.60. The Labute approximate surface area is 154 Å². The predicted molar refractivity (Wildman–Crippen MR) is 99.6 cm³/mol. The van der Waals surface area contributed by atoms with Crippen molar-refractivity contribution in [3.05, 3.63) is 58.9 Å². The van der Waals surface area contributed by atoms with E-state index in [1.165, 1.54) is 23.9 Å². The number of fused-ring (bicyclic) bond motifs is 1. The molecule has 2 aromatic carbocycles. The van der Waals surface area contributed by atoms with Crippen LogP contribution in [0.25, 0.3) is 11.0 Å². The summed E-state index contributed by atoms with van der Waals surface area (Å²) in [5, 5.41) is 4.28. The van der Waals surface area contributed by atoms with Gasteiger partial charge in [-0.1, -0.05) is 35.5 Å². The lowest BCUT2D eigenvalue weighted by Crippen LogP contribution is -2.27. The minimum Gasteiger partial charge on any atom is -0.355 e. The van der Waals surface area contributed by atoms with Crippen LogP contribution < -0.4 is 5.32 Å². The highest BCUT2D eigenvalue weighted by atomic mass is 35.5. The number of aryl methyl sites for hydroxylation is 1. The first-order chi connectivity index (χ1) is 12.0. The summed E-state index contributed by atoms with van der Waals surface area (Å²) in [7, 11) is 1.91. The number of aromatic nitrogens is 2. The average Bonchev–Trinajstić information content (AvgIpc) is 2.90. The van der Waals surface area contributed by atoms with E-state index >= 15 is 0 Å². The third-order valence-electron chi connectivity index (χ3n) is 3.78. The van der Waals surface area contributed by atoms with E-state index < -0.39 is 0 Å². The summed E-state index contributed by atoms with van der Waals surface area (Å²) in [6, 6.07) is 11.8. The van der Waals surface area contributed by atoms with Crippen molar-refractivity contribution in [2.24, 2.45) is 7.05 Å². The van der Waals surface area contributed by atoms with Crippen LogP contribution in [0.4, 0.5) is 4.39 Å². The number of amides is 1. The monoisotopic (exact) mass is 377 g/mol. The van der Waals surface area contributed by atoms with Gasteiger partial charge in [0.1, 0.15) is 5.82 Å². The van der Waals surface area contributed by atoms with E-state index in [-0.39, 0.29) is 17.5 Å². The number of imidazole rings is 1. The van der Waals surface area contributed by atoms with Crippen molar-refractivity contribution in [3.8, 4) is 0 Å². The van der Waals surface area contributed by atoms with Crippen molar-refractivity contribution in [3.63, 3.8) is 0 Å². The summed E-state index contributed by atoms with van der Waals surface area (Å²) in [6.07, 6.45) is 0.668. The number of hydrogen-bond donors (Lipinski definition) is 1. The van der Waals surface area contributed by atoms with Crippen LogP contribution in [-0.2, 0) is 18.3 Å². The van der Waals surface area contributed by atoms with Crippen molar-refractivity contribution in [1.29, 1.82) is 0 Å². The van der Waals surface area contributed by atoms with Gasteiger partial charge in [-0.2, -0.15) is 0 Å². The summed E-state index contributed by atoms with van der Waals surface area (Å²) < 4.78 is 14.8. The van der Waals surface area contributed by atoms with Crippen LogP contribution in [-0.4, -0.2) is 27.8 Å². The number of nitrogens with one attached hydrogen (secondary N) is 1. The zero-order valence-corrected chi connectivity index (χ0v) is 15.2. The van der Waals surface area contributed by atoms with Crippen molar-refractivity contribution in [1.82, 2.24) is 14.9 Å². The zero-order valence-electron chi connectivity index (χ0n) is 13.6. The predicted octanol–water partition coefficient (Wildman–Crippen LogP) is 3.82. The smallest absolute Gasteiger partial charge is 0.230 e. The topological polar surface area (TPSA) is 46.9 Å². The molecule has 3 rings (SSSR count). The van der Waals surface area contributed by atoms with Crippen molar-refractivity contribution in [2.75, 3.05) is 12.3 Å². The second-order valence-corrected chi connectivity index (χ2v) is 6.98. The van der Waals surface area contributed by atoms with Crippen molar-refractivity contribution in [2.45, 2.75) is 11.6 Å². The van der Waals surface area contributed by atoms with Crippen LogP contribution in [0, 0.1) is 5.82 Å². The standard InChI is InChI=1S/C18H17ClFN3OS/c1-23-16-7-4-13(19)10-15(16)22-18(23)25-11-17(24)21-9-8-12-2-5-14(20)6-3-12/h2-7,10H,8-9,11H2,1H3,(H,21,24). The molecule has 0 spiro atoms. The van der Waals surface area contributed by atoms with E-state index in [9.17, 15) is 9.18 Å². The number of benzene rings is 2. The molecule has 1 N–H and O–H groups in total. The van der Waals surface area contributed by atoms with E-state index in [2.05, 4.69) is 10.3 Å². The van der Waals surface area contributed by atoms with Crippen LogP contribution in [0.5, 0.6) is 0 Å². The first kappa shape index (κ1) is 17.8. The lowest BCUT2D eigenvalue weighted by atomic mass is 10.1. The molecule has 0 saturated heterocycles. The summed E-state index contributed by atoms with van der Waals surface area (Å²) in [5.41, 5.74) is 2.78. The normalized spacial score (nSPS) is 11.0. The molecule has 4 nitrogen and oxygen atoms in total. The van der Waals surface area contributed by atoms with Gasteiger partial charge in [-0.25, -0.2) is 9.37 Å². The first-order valence-electron chi connectivity index (χ1n) is 7.79. The molecule has 0 atom stereocenters. The molecule has 130 valence electrons. The Balaban J connectivity index is 1.50. The summed E-state index contributed by atoms with van der Waals surface area (Å²) in [4.78, 5) is 16.5. The maximum Gasteiger partial charge on any atom is 0.230 e. The largest absolute Gasteiger partial charge is 0.355 e. The Morgan fingerprint density at radius 1 is 1.28 bits per heavy atom. The summed E-state index contributed by atoms with van der Waals surface area (Å²) in [6.45, 7) is 0.517. The number of rotatable bonds is 6. The lowest BCUT2D eigenvalue weighted by molar-refractivity contribution is -0.118. The van der Waals surface area contributed by atoms with Gasteiger partial charge < -0.3 is 9.88 Å². The van der Waals surface area contributed by atoms with Crippen LogP contribution in [0.2, 0.25) is 5.02 Å². The number of carbonyl (C=O) groups excluding carboxylic acids is 1. The van der Waals surface area contributed by atoms with E-state index in [1.54, 1.807) is 12.1 Å². The molecule has 25 heavy (non-hydrogen) atoms. The molecule has 0 saturated carbocycles. The Morgan fingerprint density at radius 3 is 2.80 bits per heavy atom. The molecular formula is C18H17ClFN3OS. The fourth-order valence-electron chi connectivity index (χ4n) is 2.46. The molecule has 0 fully saturated rings. The molecule has 3 aromatic rings. The Bertz CT molecular complexity index is 895. The fourth-order valence-corrected chi connectivity index (χ4v) is 3.44. The maximum absolute atomic E-state index is 12.8. The van der Waals surface area contributed by atoms with E-state index in [0.717, 1.165) is 21.8 Å². The van der Waals surface area contributed by atoms with Gasteiger partial charge in [-0.3, -0.25) is 4.79 Å². The van der Waals surface area contributed by atoms with E-state index in [1.807, 2.05) is 29.8 Å². The number of hydrogen-bond acceptors (Lipinski definition) is 3. The van der Waals surface area contributed by atoms with Crippen LogP contribution in [0.15, 0.2) is 47.6 Å². The molecule has 0 radical (unpaired) electrons. The minimum atomic E-state index is -0.257. The maximum atomic E-state index is 12.8. The van der Waals surface area contributed by atoms with Gasteiger partial charge >= 0.3 is 0 Å². The molecule has 1 amide bonds. The van der Waals surface area contributed by atoms with Gasteiger partial charge in [0.15, 0.2) is 5.16 Å². The number of nitrogens with zero attached hydrogens (tertiary/aromatic N) is 2. The van der Waals surface area contributed by atoms with Crippen LogP contribution in [0.3, 0.4) is 0 Å². The number of carbonyl (C=O) groups is 1. The average molecular weight is 378 g/mol. The highest BCUT2D eigenvalue weighted by molar-refractivity contribution is 7.99. The molecule has 0 aliphatic heterocycles. The highest BCUT2D eigenvalue weighted by Crippen LogP contribution is 2.24. The van der Waals surface area contributed by atoms with Gasteiger partial charge in [-0.05, 0) is 42.3 Å². The first-order valence-corrected chi connectivity index (χ1v) is 9.15. The minimum absolute atomic E-state index is 0.0581.